The topological polar surface area (TPSA) is 61.8 Å². The van der Waals surface area contributed by atoms with Crippen LogP contribution in [0.4, 0.5) is 4.79 Å². The Labute approximate surface area is 132 Å². The summed E-state index contributed by atoms with van der Waals surface area (Å²) in [7, 11) is 0. The molecule has 3 rings (SSSR count). The van der Waals surface area contributed by atoms with Crippen LogP contribution in [0, 0.1) is 6.92 Å². The molecule has 0 aliphatic carbocycles. The van der Waals surface area contributed by atoms with Gasteiger partial charge in [0.15, 0.2) is 0 Å². The maximum atomic E-state index is 12.6. The van der Waals surface area contributed by atoms with Gasteiger partial charge in [0.05, 0.1) is 6.21 Å². The minimum atomic E-state index is -1.08. The van der Waals surface area contributed by atoms with Gasteiger partial charge in [-0.1, -0.05) is 30.3 Å². The number of benzene rings is 1. The minimum Gasteiger partial charge on any atom is -0.318 e. The second-order valence-electron chi connectivity index (χ2n) is 5.23. The van der Waals surface area contributed by atoms with Gasteiger partial charge in [0, 0.05) is 9.75 Å². The lowest BCUT2D eigenvalue weighted by molar-refractivity contribution is -0.131. The zero-order valence-electron chi connectivity index (χ0n) is 12.2. The molecule has 5 nitrogen and oxygen atoms in total. The van der Waals surface area contributed by atoms with Crippen molar-refractivity contribution in [2.24, 2.45) is 5.10 Å². The van der Waals surface area contributed by atoms with Crippen LogP contribution < -0.4 is 5.32 Å². The number of amides is 3. The Hall–Kier alpha value is -2.47. The molecule has 1 aromatic heterocycles. The number of nitrogens with one attached hydrogen (secondary N) is 1. The van der Waals surface area contributed by atoms with Gasteiger partial charge < -0.3 is 5.32 Å². The van der Waals surface area contributed by atoms with Gasteiger partial charge in [-0.3, -0.25) is 4.79 Å². The quantitative estimate of drug-likeness (QED) is 0.699. The normalized spacial score (nSPS) is 21.6. The van der Waals surface area contributed by atoms with E-state index in [0.29, 0.717) is 0 Å². The Morgan fingerprint density at radius 3 is 2.55 bits per heavy atom. The number of aryl methyl sites for hydroxylation is 1. The molecule has 1 N–H and O–H groups in total. The third kappa shape index (κ3) is 2.42. The Bertz CT molecular complexity index is 754. The molecular weight excluding hydrogens is 298 g/mol. The van der Waals surface area contributed by atoms with E-state index in [9.17, 15) is 9.59 Å². The average Bonchev–Trinajstić information content (AvgIpc) is 3.02. The van der Waals surface area contributed by atoms with Gasteiger partial charge in [0.1, 0.15) is 5.54 Å². The molecule has 0 saturated carbocycles. The third-order valence-electron chi connectivity index (χ3n) is 3.58. The molecule has 112 valence electrons. The fraction of sp³-hybridized carbons (Fsp3) is 0.188. The molecule has 6 heteroatoms. The maximum Gasteiger partial charge on any atom is 0.346 e. The number of hydrogen-bond donors (Lipinski definition) is 1. The van der Waals surface area contributed by atoms with Gasteiger partial charge >= 0.3 is 6.03 Å². The molecule has 1 aromatic carbocycles. The van der Waals surface area contributed by atoms with E-state index in [4.69, 9.17) is 0 Å². The molecule has 0 spiro atoms. The van der Waals surface area contributed by atoms with E-state index in [1.165, 1.54) is 6.21 Å². The molecule has 2 heterocycles. The van der Waals surface area contributed by atoms with Gasteiger partial charge in [-0.2, -0.15) is 5.10 Å². The van der Waals surface area contributed by atoms with Gasteiger partial charge in [-0.05, 0) is 31.5 Å². The molecule has 1 aliphatic rings. The van der Waals surface area contributed by atoms with Gasteiger partial charge in [-0.15, -0.1) is 16.3 Å². The predicted molar refractivity (Wildman–Crippen MR) is 85.8 cm³/mol. The lowest BCUT2D eigenvalue weighted by Gasteiger charge is -2.20. The van der Waals surface area contributed by atoms with Crippen molar-refractivity contribution in [3.05, 3.63) is 57.8 Å². The van der Waals surface area contributed by atoms with Crippen LogP contribution in [0.1, 0.15) is 22.2 Å². The molecule has 1 atom stereocenters. The van der Waals surface area contributed by atoms with Crippen LogP contribution in [0.3, 0.4) is 0 Å². The molecule has 0 bridgehead atoms. The molecule has 3 amide bonds. The van der Waals surface area contributed by atoms with Crippen LogP contribution >= 0.6 is 11.3 Å². The zero-order valence-corrected chi connectivity index (χ0v) is 13.1. The maximum absolute atomic E-state index is 12.6. The highest BCUT2D eigenvalue weighted by Gasteiger charge is 2.49. The summed E-state index contributed by atoms with van der Waals surface area (Å²) in [6.45, 7) is 3.68. The summed E-state index contributed by atoms with van der Waals surface area (Å²) in [5.74, 6) is -0.381. The number of imide groups is 1. The highest BCUT2D eigenvalue weighted by atomic mass is 32.1. The Kier molecular flexibility index (Phi) is 3.54. The van der Waals surface area contributed by atoms with Gasteiger partial charge in [0.25, 0.3) is 5.91 Å². The van der Waals surface area contributed by atoms with Crippen molar-refractivity contribution in [2.75, 3.05) is 0 Å². The standard InChI is InChI=1S/C16H15N3O2S/c1-11-8-9-13(22-11)10-17-19-14(20)16(2,18-15(19)21)12-6-4-3-5-7-12/h3-10H,1-2H3,(H,18,21)/b17-10-/t16-/m0/s1. The van der Waals surface area contributed by atoms with Crippen LogP contribution in [0.15, 0.2) is 47.6 Å². The van der Waals surface area contributed by atoms with E-state index >= 15 is 0 Å². The van der Waals surface area contributed by atoms with Crippen LogP contribution in [-0.4, -0.2) is 23.2 Å². The zero-order chi connectivity index (χ0) is 15.7. The first-order valence-corrected chi connectivity index (χ1v) is 7.65. The smallest absolute Gasteiger partial charge is 0.318 e. The van der Waals surface area contributed by atoms with E-state index in [0.717, 1.165) is 20.3 Å². The molecule has 2 aromatic rings. The average molecular weight is 313 g/mol. The third-order valence-corrected chi connectivity index (χ3v) is 4.52. The van der Waals surface area contributed by atoms with Crippen molar-refractivity contribution in [3.63, 3.8) is 0 Å². The number of carbonyl (C=O) groups is 2. The van der Waals surface area contributed by atoms with E-state index in [2.05, 4.69) is 10.4 Å². The second kappa shape index (κ2) is 5.38. The fourth-order valence-corrected chi connectivity index (χ4v) is 3.08. The number of hydrazone groups is 1. The second-order valence-corrected chi connectivity index (χ2v) is 6.55. The van der Waals surface area contributed by atoms with Crippen LogP contribution in [0.2, 0.25) is 0 Å². The molecular formula is C16H15N3O2S. The fourth-order valence-electron chi connectivity index (χ4n) is 2.33. The first-order chi connectivity index (χ1) is 10.5. The highest BCUT2D eigenvalue weighted by molar-refractivity contribution is 7.13. The van der Waals surface area contributed by atoms with E-state index in [1.807, 2.05) is 49.4 Å². The minimum absolute atomic E-state index is 0.381. The van der Waals surface area contributed by atoms with Crippen LogP contribution in [0.25, 0.3) is 0 Å². The van der Waals surface area contributed by atoms with Gasteiger partial charge in [-0.25, -0.2) is 4.79 Å². The molecule has 22 heavy (non-hydrogen) atoms. The molecule has 1 saturated heterocycles. The summed E-state index contributed by atoms with van der Waals surface area (Å²) >= 11 is 1.55. The number of thiophene rings is 1. The van der Waals surface area contributed by atoms with Crippen molar-refractivity contribution in [1.29, 1.82) is 0 Å². The van der Waals surface area contributed by atoms with Crippen molar-refractivity contribution in [3.8, 4) is 0 Å². The Balaban J connectivity index is 1.87. The number of hydrogen-bond acceptors (Lipinski definition) is 4. The van der Waals surface area contributed by atoms with Crippen molar-refractivity contribution in [1.82, 2.24) is 10.3 Å². The lowest BCUT2D eigenvalue weighted by Crippen LogP contribution is -2.40. The lowest BCUT2D eigenvalue weighted by atomic mass is 9.92. The molecule has 0 unspecified atom stereocenters. The van der Waals surface area contributed by atoms with Crippen molar-refractivity contribution < 1.29 is 9.59 Å². The first-order valence-electron chi connectivity index (χ1n) is 6.83. The van der Waals surface area contributed by atoms with E-state index in [1.54, 1.807) is 18.3 Å². The summed E-state index contributed by atoms with van der Waals surface area (Å²) in [6.07, 6.45) is 1.53. The van der Waals surface area contributed by atoms with Crippen molar-refractivity contribution in [2.45, 2.75) is 19.4 Å². The van der Waals surface area contributed by atoms with Crippen LogP contribution in [-0.2, 0) is 10.3 Å². The number of nitrogens with zero attached hydrogens (tertiary/aromatic N) is 2. The van der Waals surface area contributed by atoms with Crippen LogP contribution in [0.5, 0.6) is 0 Å². The highest BCUT2D eigenvalue weighted by Crippen LogP contribution is 2.28. The monoisotopic (exact) mass is 313 g/mol. The largest absolute Gasteiger partial charge is 0.346 e. The van der Waals surface area contributed by atoms with Crippen molar-refractivity contribution >= 4 is 29.5 Å². The number of urea groups is 1. The predicted octanol–water partition coefficient (Wildman–Crippen LogP) is 2.86. The summed E-state index contributed by atoms with van der Waals surface area (Å²) in [6, 6.07) is 12.5. The molecule has 1 fully saturated rings. The molecule has 1 aliphatic heterocycles. The SMILES string of the molecule is Cc1ccc(/C=N\N2C(=O)N[C@@](C)(c3ccccc3)C2=O)s1. The van der Waals surface area contributed by atoms with Gasteiger partial charge in [0.2, 0.25) is 0 Å². The van der Waals surface area contributed by atoms with E-state index < -0.39 is 11.6 Å². The number of rotatable bonds is 3. The molecule has 0 radical (unpaired) electrons. The summed E-state index contributed by atoms with van der Waals surface area (Å²) in [5.41, 5.74) is -0.348. The summed E-state index contributed by atoms with van der Waals surface area (Å²) in [5, 5.41) is 7.65. The Morgan fingerprint density at radius 2 is 1.91 bits per heavy atom. The summed E-state index contributed by atoms with van der Waals surface area (Å²) < 4.78 is 0. The number of carbonyl (C=O) groups excluding carboxylic acids is 2. The van der Waals surface area contributed by atoms with E-state index in [-0.39, 0.29) is 5.91 Å². The Morgan fingerprint density at radius 1 is 1.18 bits per heavy atom. The summed E-state index contributed by atoms with van der Waals surface area (Å²) in [4.78, 5) is 26.7. The first kappa shape index (κ1) is 14.5.